The van der Waals surface area contributed by atoms with Crippen molar-refractivity contribution in [2.75, 3.05) is 12.8 Å². The minimum atomic E-state index is -0.682. The van der Waals surface area contributed by atoms with Crippen molar-refractivity contribution in [3.8, 4) is 0 Å². The van der Waals surface area contributed by atoms with E-state index in [-0.39, 0.29) is 5.25 Å². The monoisotopic (exact) mass is 203 g/mol. The van der Waals surface area contributed by atoms with E-state index in [2.05, 4.69) is 12.2 Å². The average Bonchev–Trinajstić information content (AvgIpc) is 2.47. The molecule has 0 spiro atoms. The molecule has 0 heterocycles. The van der Waals surface area contributed by atoms with Gasteiger partial charge in [0, 0.05) is 34.9 Å². The maximum absolute atomic E-state index is 11.1. The molecule has 0 radical (unpaired) electrons. The van der Waals surface area contributed by atoms with E-state index in [9.17, 15) is 4.21 Å². The maximum atomic E-state index is 11.1. The fourth-order valence-electron chi connectivity index (χ4n) is 1.84. The Kier molecular flexibility index (Phi) is 4.39. The second-order valence-electron chi connectivity index (χ2n) is 4.33. The van der Waals surface area contributed by atoms with Crippen LogP contribution in [0.4, 0.5) is 0 Å². The van der Waals surface area contributed by atoms with E-state index in [1.165, 1.54) is 19.3 Å². The van der Waals surface area contributed by atoms with Gasteiger partial charge in [0.05, 0.1) is 0 Å². The molecule has 78 valence electrons. The summed E-state index contributed by atoms with van der Waals surface area (Å²) >= 11 is 0. The highest BCUT2D eigenvalue weighted by molar-refractivity contribution is 7.84. The molecule has 1 saturated carbocycles. The summed E-state index contributed by atoms with van der Waals surface area (Å²) in [6.07, 6.45) is 5.72. The molecule has 0 bridgehead atoms. The lowest BCUT2D eigenvalue weighted by Gasteiger charge is -2.15. The molecule has 1 aliphatic rings. The molecule has 0 saturated heterocycles. The number of nitrogens with one attached hydrogen (secondary N) is 1. The zero-order valence-electron chi connectivity index (χ0n) is 8.88. The van der Waals surface area contributed by atoms with Crippen molar-refractivity contribution in [3.05, 3.63) is 0 Å². The average molecular weight is 203 g/mol. The van der Waals surface area contributed by atoms with Crippen LogP contribution >= 0.6 is 0 Å². The summed E-state index contributed by atoms with van der Waals surface area (Å²) in [6.45, 7) is 5.26. The standard InChI is InChI=1S/C10H21NOS/c1-8-4-5-10(6-8)11-7-9(2)13(3)12/h8-11H,4-7H2,1-3H3. The summed E-state index contributed by atoms with van der Waals surface area (Å²) in [4.78, 5) is 0. The Balaban J connectivity index is 2.16. The summed E-state index contributed by atoms with van der Waals surface area (Å²) in [7, 11) is -0.682. The lowest BCUT2D eigenvalue weighted by Crippen LogP contribution is -2.34. The normalized spacial score (nSPS) is 33.2. The van der Waals surface area contributed by atoms with Gasteiger partial charge in [-0.05, 0) is 32.1 Å². The molecule has 13 heavy (non-hydrogen) atoms. The third-order valence-corrected chi connectivity index (χ3v) is 4.26. The zero-order chi connectivity index (χ0) is 9.84. The Morgan fingerprint density at radius 1 is 1.54 bits per heavy atom. The van der Waals surface area contributed by atoms with Gasteiger partial charge < -0.3 is 5.32 Å². The largest absolute Gasteiger partial charge is 0.313 e. The van der Waals surface area contributed by atoms with Gasteiger partial charge in [-0.25, -0.2) is 0 Å². The molecule has 1 aliphatic carbocycles. The van der Waals surface area contributed by atoms with Crippen LogP contribution in [0.1, 0.15) is 33.1 Å². The SMILES string of the molecule is CC1CCC(NCC(C)S(C)=O)C1. The van der Waals surface area contributed by atoms with Crippen molar-refractivity contribution < 1.29 is 4.21 Å². The second-order valence-corrected chi connectivity index (χ2v) is 6.13. The van der Waals surface area contributed by atoms with Crippen molar-refractivity contribution in [2.24, 2.45) is 5.92 Å². The molecule has 1 N–H and O–H groups in total. The van der Waals surface area contributed by atoms with Crippen molar-refractivity contribution >= 4 is 10.8 Å². The molecule has 1 fully saturated rings. The zero-order valence-corrected chi connectivity index (χ0v) is 9.69. The van der Waals surface area contributed by atoms with Crippen LogP contribution in [0.2, 0.25) is 0 Å². The highest BCUT2D eigenvalue weighted by atomic mass is 32.2. The van der Waals surface area contributed by atoms with Gasteiger partial charge in [-0.3, -0.25) is 4.21 Å². The van der Waals surface area contributed by atoms with Crippen LogP contribution in [0.5, 0.6) is 0 Å². The van der Waals surface area contributed by atoms with Crippen LogP contribution in [0, 0.1) is 5.92 Å². The Bertz CT molecular complexity index is 184. The molecule has 0 aromatic rings. The molecule has 1 rings (SSSR count). The first kappa shape index (κ1) is 11.2. The fraction of sp³-hybridized carbons (Fsp3) is 1.00. The Labute approximate surface area is 83.9 Å². The molecule has 4 atom stereocenters. The lowest BCUT2D eigenvalue weighted by atomic mass is 10.1. The highest BCUT2D eigenvalue weighted by Crippen LogP contribution is 2.24. The molecule has 3 heteroatoms. The van der Waals surface area contributed by atoms with Gasteiger partial charge in [-0.15, -0.1) is 0 Å². The molecule has 0 aromatic carbocycles. The van der Waals surface area contributed by atoms with Crippen LogP contribution in [-0.4, -0.2) is 28.3 Å². The van der Waals surface area contributed by atoms with E-state index in [4.69, 9.17) is 0 Å². The van der Waals surface area contributed by atoms with Gasteiger partial charge in [0.2, 0.25) is 0 Å². The number of rotatable bonds is 4. The predicted octanol–water partition coefficient (Wildman–Crippen LogP) is 1.53. The van der Waals surface area contributed by atoms with E-state index < -0.39 is 10.8 Å². The van der Waals surface area contributed by atoms with Crippen molar-refractivity contribution in [1.82, 2.24) is 5.32 Å². The summed E-state index contributed by atoms with van der Waals surface area (Å²) in [5, 5.41) is 3.79. The minimum Gasteiger partial charge on any atom is -0.313 e. The number of hydrogen-bond acceptors (Lipinski definition) is 2. The van der Waals surface area contributed by atoms with Crippen LogP contribution in [0.15, 0.2) is 0 Å². The predicted molar refractivity (Wildman–Crippen MR) is 58.3 cm³/mol. The minimum absolute atomic E-state index is 0.288. The van der Waals surface area contributed by atoms with Crippen LogP contribution in [-0.2, 0) is 10.8 Å². The molecule has 0 amide bonds. The Morgan fingerprint density at radius 3 is 2.69 bits per heavy atom. The Hall–Kier alpha value is 0.110. The molecule has 0 aliphatic heterocycles. The molecular formula is C10H21NOS. The van der Waals surface area contributed by atoms with E-state index in [1.54, 1.807) is 6.26 Å². The molecule has 2 nitrogen and oxygen atoms in total. The van der Waals surface area contributed by atoms with Gasteiger partial charge in [0.25, 0.3) is 0 Å². The highest BCUT2D eigenvalue weighted by Gasteiger charge is 2.21. The van der Waals surface area contributed by atoms with Gasteiger partial charge in [-0.1, -0.05) is 6.92 Å². The second kappa shape index (κ2) is 5.11. The van der Waals surface area contributed by atoms with E-state index in [1.807, 2.05) is 6.92 Å². The number of hydrogen-bond donors (Lipinski definition) is 1. The molecule has 4 unspecified atom stereocenters. The van der Waals surface area contributed by atoms with Crippen LogP contribution in [0.3, 0.4) is 0 Å². The maximum Gasteiger partial charge on any atom is 0.0441 e. The van der Waals surface area contributed by atoms with E-state index in [0.29, 0.717) is 6.04 Å². The van der Waals surface area contributed by atoms with Crippen LogP contribution in [0.25, 0.3) is 0 Å². The molecular weight excluding hydrogens is 182 g/mol. The summed E-state index contributed by atoms with van der Waals surface area (Å²) in [5.41, 5.74) is 0. The van der Waals surface area contributed by atoms with Crippen LogP contribution < -0.4 is 5.32 Å². The van der Waals surface area contributed by atoms with Gasteiger partial charge in [0.15, 0.2) is 0 Å². The first-order valence-corrected chi connectivity index (χ1v) is 6.77. The van der Waals surface area contributed by atoms with Crippen molar-refractivity contribution in [3.63, 3.8) is 0 Å². The van der Waals surface area contributed by atoms with Crippen molar-refractivity contribution in [2.45, 2.75) is 44.4 Å². The first-order valence-electron chi connectivity index (χ1n) is 5.15. The van der Waals surface area contributed by atoms with Crippen molar-refractivity contribution in [1.29, 1.82) is 0 Å². The molecule has 0 aromatic heterocycles. The third-order valence-electron chi connectivity index (χ3n) is 2.96. The smallest absolute Gasteiger partial charge is 0.0441 e. The summed E-state index contributed by atoms with van der Waals surface area (Å²) in [6, 6.07) is 0.681. The fourth-order valence-corrected chi connectivity index (χ4v) is 2.17. The lowest BCUT2D eigenvalue weighted by molar-refractivity contribution is 0.503. The van der Waals surface area contributed by atoms with E-state index >= 15 is 0 Å². The Morgan fingerprint density at radius 2 is 2.23 bits per heavy atom. The third kappa shape index (κ3) is 3.77. The van der Waals surface area contributed by atoms with Gasteiger partial charge in [-0.2, -0.15) is 0 Å². The topological polar surface area (TPSA) is 29.1 Å². The summed E-state index contributed by atoms with van der Waals surface area (Å²) in [5.74, 6) is 0.875. The van der Waals surface area contributed by atoms with Gasteiger partial charge in [0.1, 0.15) is 0 Å². The first-order chi connectivity index (χ1) is 6.09. The quantitative estimate of drug-likeness (QED) is 0.751. The van der Waals surface area contributed by atoms with E-state index in [0.717, 1.165) is 12.5 Å². The summed E-state index contributed by atoms with van der Waals surface area (Å²) < 4.78 is 11.1. The van der Waals surface area contributed by atoms with Gasteiger partial charge >= 0.3 is 0 Å².